The average molecular weight is 338 g/mol. The van der Waals surface area contributed by atoms with Crippen molar-refractivity contribution in [3.05, 3.63) is 46.1 Å². The van der Waals surface area contributed by atoms with Crippen LogP contribution in [-0.4, -0.2) is 26.7 Å². The topological polar surface area (TPSA) is 106 Å². The van der Waals surface area contributed by atoms with E-state index in [2.05, 4.69) is 31.5 Å². The minimum Gasteiger partial charge on any atom is -0.409 e. The average Bonchev–Trinajstić information content (AvgIpc) is 2.80. The van der Waals surface area contributed by atoms with Crippen molar-refractivity contribution in [3.8, 4) is 0 Å². The number of amides is 1. The van der Waals surface area contributed by atoms with Crippen LogP contribution in [0.5, 0.6) is 0 Å². The third-order valence-electron chi connectivity index (χ3n) is 2.66. The van der Waals surface area contributed by atoms with E-state index in [-0.39, 0.29) is 11.7 Å². The minimum absolute atomic E-state index is 0.121. The van der Waals surface area contributed by atoms with Gasteiger partial charge in [-0.2, -0.15) is 5.10 Å². The number of anilines is 1. The summed E-state index contributed by atoms with van der Waals surface area (Å²) in [5.41, 5.74) is 6.37. The van der Waals surface area contributed by atoms with Crippen LogP contribution in [0.15, 0.2) is 40.1 Å². The predicted octanol–water partition coefficient (Wildman–Crippen LogP) is 1.53. The van der Waals surface area contributed by atoms with Gasteiger partial charge in [0.15, 0.2) is 5.84 Å². The molecule has 1 aromatic heterocycles. The van der Waals surface area contributed by atoms with Gasteiger partial charge in [-0.1, -0.05) is 21.1 Å². The monoisotopic (exact) mass is 337 g/mol. The van der Waals surface area contributed by atoms with E-state index < -0.39 is 0 Å². The van der Waals surface area contributed by atoms with E-state index in [9.17, 15) is 4.79 Å². The number of amidine groups is 1. The summed E-state index contributed by atoms with van der Waals surface area (Å²) in [5.74, 6) is -0.0782. The maximum atomic E-state index is 12.1. The first kappa shape index (κ1) is 14.1. The summed E-state index contributed by atoms with van der Waals surface area (Å²) < 4.78 is 2.32. The van der Waals surface area contributed by atoms with E-state index in [1.165, 1.54) is 10.9 Å². The van der Waals surface area contributed by atoms with Crippen molar-refractivity contribution in [2.45, 2.75) is 0 Å². The first-order chi connectivity index (χ1) is 9.52. The summed E-state index contributed by atoms with van der Waals surface area (Å²) >= 11 is 3.30. The molecular formula is C12H12BrN5O2. The summed E-state index contributed by atoms with van der Waals surface area (Å²) in [7, 11) is 1.64. The highest BCUT2D eigenvalue weighted by atomic mass is 79.9. The molecule has 8 heteroatoms. The molecule has 0 aliphatic carbocycles. The Kier molecular flexibility index (Phi) is 4.04. The molecule has 20 heavy (non-hydrogen) atoms. The van der Waals surface area contributed by atoms with Gasteiger partial charge in [0.05, 0.1) is 11.8 Å². The van der Waals surface area contributed by atoms with Crippen molar-refractivity contribution in [1.29, 1.82) is 0 Å². The van der Waals surface area contributed by atoms with Crippen molar-refractivity contribution in [1.82, 2.24) is 9.78 Å². The number of carbonyl (C=O) groups is 1. The number of carbonyl (C=O) groups excluding carboxylic acids is 1. The van der Waals surface area contributed by atoms with Gasteiger partial charge in [-0.25, -0.2) is 0 Å². The predicted molar refractivity (Wildman–Crippen MR) is 77.8 cm³/mol. The fourth-order valence-electron chi connectivity index (χ4n) is 1.61. The lowest BCUT2D eigenvalue weighted by molar-refractivity contribution is 0.102. The van der Waals surface area contributed by atoms with Crippen LogP contribution < -0.4 is 11.1 Å². The Morgan fingerprint density at radius 1 is 1.45 bits per heavy atom. The Hall–Kier alpha value is -2.35. The molecule has 1 aromatic carbocycles. The SMILES string of the molecule is Cn1ncc(C(N)=NO)c1NC(=O)c1ccc(Br)cc1. The van der Waals surface area contributed by atoms with Crippen LogP contribution in [0.2, 0.25) is 0 Å². The van der Waals surface area contributed by atoms with E-state index in [4.69, 9.17) is 10.9 Å². The summed E-state index contributed by atoms with van der Waals surface area (Å²) in [6, 6.07) is 6.89. The number of halogens is 1. The molecule has 2 rings (SSSR count). The van der Waals surface area contributed by atoms with Gasteiger partial charge in [0, 0.05) is 17.1 Å². The molecule has 2 aromatic rings. The second-order valence-corrected chi connectivity index (χ2v) is 4.89. The third-order valence-corrected chi connectivity index (χ3v) is 3.19. The normalized spacial score (nSPS) is 11.4. The van der Waals surface area contributed by atoms with E-state index in [1.54, 1.807) is 31.3 Å². The van der Waals surface area contributed by atoms with Crippen LogP contribution in [-0.2, 0) is 7.05 Å². The fraction of sp³-hybridized carbons (Fsp3) is 0.0833. The molecule has 0 spiro atoms. The molecule has 0 fully saturated rings. The quantitative estimate of drug-likeness (QED) is 0.341. The molecule has 1 amide bonds. The molecule has 0 aliphatic rings. The molecule has 0 saturated heterocycles. The standard InChI is InChI=1S/C12H12BrN5O2/c1-18-11(9(6-15-18)10(14)17-20)16-12(19)7-2-4-8(13)5-3-7/h2-6,20H,1H3,(H2,14,17)(H,16,19). The van der Waals surface area contributed by atoms with E-state index in [0.717, 1.165) is 4.47 Å². The lowest BCUT2D eigenvalue weighted by Crippen LogP contribution is -2.20. The van der Waals surface area contributed by atoms with Crippen LogP contribution in [0.3, 0.4) is 0 Å². The molecule has 0 atom stereocenters. The first-order valence-corrected chi connectivity index (χ1v) is 6.39. The molecule has 1 heterocycles. The van der Waals surface area contributed by atoms with Crippen LogP contribution >= 0.6 is 15.9 Å². The highest BCUT2D eigenvalue weighted by Crippen LogP contribution is 2.16. The highest BCUT2D eigenvalue weighted by molar-refractivity contribution is 9.10. The molecule has 0 aliphatic heterocycles. The molecule has 0 unspecified atom stereocenters. The number of benzene rings is 1. The summed E-state index contributed by atoms with van der Waals surface area (Å²) in [6.45, 7) is 0. The largest absolute Gasteiger partial charge is 0.409 e. The van der Waals surface area contributed by atoms with Gasteiger partial charge in [0.2, 0.25) is 0 Å². The fourth-order valence-corrected chi connectivity index (χ4v) is 1.87. The van der Waals surface area contributed by atoms with E-state index in [0.29, 0.717) is 16.9 Å². The number of nitrogens with zero attached hydrogens (tertiary/aromatic N) is 3. The number of nitrogens with two attached hydrogens (primary N) is 1. The lowest BCUT2D eigenvalue weighted by Gasteiger charge is -2.08. The molecule has 0 radical (unpaired) electrons. The van der Waals surface area contributed by atoms with Crippen molar-refractivity contribution in [3.63, 3.8) is 0 Å². The Balaban J connectivity index is 2.28. The molecule has 104 valence electrons. The van der Waals surface area contributed by atoms with Gasteiger partial charge in [-0.15, -0.1) is 0 Å². The molecule has 7 nitrogen and oxygen atoms in total. The second-order valence-electron chi connectivity index (χ2n) is 3.98. The number of aryl methyl sites for hydroxylation is 1. The van der Waals surface area contributed by atoms with Crippen LogP contribution in [0.1, 0.15) is 15.9 Å². The van der Waals surface area contributed by atoms with E-state index >= 15 is 0 Å². The van der Waals surface area contributed by atoms with Gasteiger partial charge >= 0.3 is 0 Å². The number of rotatable bonds is 3. The number of hydrogen-bond donors (Lipinski definition) is 3. The third kappa shape index (κ3) is 2.80. The second kappa shape index (κ2) is 5.74. The van der Waals surface area contributed by atoms with Gasteiger partial charge in [0.25, 0.3) is 5.91 Å². The number of oxime groups is 1. The first-order valence-electron chi connectivity index (χ1n) is 5.59. The van der Waals surface area contributed by atoms with Crippen molar-refractivity contribution >= 4 is 33.5 Å². The molecule has 0 saturated carbocycles. The van der Waals surface area contributed by atoms with Gasteiger partial charge in [-0.05, 0) is 24.3 Å². The number of aromatic nitrogens is 2. The molecule has 0 bridgehead atoms. The Bertz CT molecular complexity index is 663. The van der Waals surface area contributed by atoms with Crippen molar-refractivity contribution < 1.29 is 10.0 Å². The zero-order valence-corrected chi connectivity index (χ0v) is 12.1. The van der Waals surface area contributed by atoms with Gasteiger partial charge < -0.3 is 16.3 Å². The van der Waals surface area contributed by atoms with Gasteiger partial charge in [0.1, 0.15) is 5.82 Å². The summed E-state index contributed by atoms with van der Waals surface area (Å²) in [5, 5.41) is 18.3. The van der Waals surface area contributed by atoms with Crippen LogP contribution in [0, 0.1) is 0 Å². The zero-order valence-electron chi connectivity index (χ0n) is 10.5. The van der Waals surface area contributed by atoms with Gasteiger partial charge in [-0.3, -0.25) is 9.48 Å². The summed E-state index contributed by atoms with van der Waals surface area (Å²) in [6.07, 6.45) is 1.41. The van der Waals surface area contributed by atoms with E-state index in [1.807, 2.05) is 0 Å². The minimum atomic E-state index is -0.312. The Morgan fingerprint density at radius 3 is 2.70 bits per heavy atom. The highest BCUT2D eigenvalue weighted by Gasteiger charge is 2.16. The number of hydrogen-bond acceptors (Lipinski definition) is 4. The Morgan fingerprint density at radius 2 is 2.10 bits per heavy atom. The smallest absolute Gasteiger partial charge is 0.256 e. The van der Waals surface area contributed by atoms with Crippen LogP contribution in [0.25, 0.3) is 0 Å². The van der Waals surface area contributed by atoms with Crippen molar-refractivity contribution in [2.75, 3.05) is 5.32 Å². The maximum Gasteiger partial charge on any atom is 0.256 e. The zero-order chi connectivity index (χ0) is 14.7. The maximum absolute atomic E-state index is 12.1. The number of nitrogens with one attached hydrogen (secondary N) is 1. The van der Waals surface area contributed by atoms with Crippen molar-refractivity contribution in [2.24, 2.45) is 17.9 Å². The van der Waals surface area contributed by atoms with Crippen LogP contribution in [0.4, 0.5) is 5.82 Å². The summed E-state index contributed by atoms with van der Waals surface area (Å²) in [4.78, 5) is 12.1. The molecular weight excluding hydrogens is 326 g/mol. The Labute approximate surface area is 123 Å². The lowest BCUT2D eigenvalue weighted by atomic mass is 10.2. The molecule has 4 N–H and O–H groups in total.